The molecule has 1 aliphatic rings. The lowest BCUT2D eigenvalue weighted by Gasteiger charge is -2.21. The molecule has 202 valence electrons. The number of esters is 1. The zero-order valence-corrected chi connectivity index (χ0v) is 22.2. The highest BCUT2D eigenvalue weighted by Gasteiger charge is 2.29. The standard InChI is InChI=1S/C29H27NO9/c1-33-18-7-10-20(34-2)17(12-18)14-30-19-8-11-22(35-3)27(36-4)25(19)24(26(28(30)31)29(32)37-5)16-6-9-21-23(13-16)39-15-38-21/h6-13H,14-15H2,1-5H3. The first kappa shape index (κ1) is 25.8. The molecule has 1 aromatic heterocycles. The largest absolute Gasteiger partial charge is 0.497 e. The second-order valence-electron chi connectivity index (χ2n) is 8.57. The van der Waals surface area contributed by atoms with Crippen molar-refractivity contribution in [1.29, 1.82) is 0 Å². The summed E-state index contributed by atoms with van der Waals surface area (Å²) in [5, 5.41) is 0.484. The molecular weight excluding hydrogens is 506 g/mol. The fourth-order valence-electron chi connectivity index (χ4n) is 4.82. The lowest BCUT2D eigenvalue weighted by atomic mass is 9.94. The molecule has 0 fully saturated rings. The number of rotatable bonds is 8. The molecule has 0 unspecified atom stereocenters. The summed E-state index contributed by atoms with van der Waals surface area (Å²) in [5.74, 6) is 2.16. The van der Waals surface area contributed by atoms with Crippen molar-refractivity contribution in [1.82, 2.24) is 4.57 Å². The maximum atomic E-state index is 14.2. The lowest BCUT2D eigenvalue weighted by Crippen LogP contribution is -2.29. The Labute approximate surface area is 224 Å². The molecular formula is C29H27NO9. The summed E-state index contributed by atoms with van der Waals surface area (Å²) >= 11 is 0. The molecule has 0 amide bonds. The summed E-state index contributed by atoms with van der Waals surface area (Å²) < 4.78 is 40.0. The maximum Gasteiger partial charge on any atom is 0.344 e. The van der Waals surface area contributed by atoms with Gasteiger partial charge in [0.25, 0.3) is 5.56 Å². The highest BCUT2D eigenvalue weighted by molar-refractivity contribution is 6.10. The topological polar surface area (TPSA) is 104 Å². The second-order valence-corrected chi connectivity index (χ2v) is 8.57. The second kappa shape index (κ2) is 10.5. The van der Waals surface area contributed by atoms with E-state index in [9.17, 15) is 9.59 Å². The van der Waals surface area contributed by atoms with Crippen molar-refractivity contribution in [2.45, 2.75) is 6.54 Å². The molecule has 10 heteroatoms. The number of nitrogens with zero attached hydrogens (tertiary/aromatic N) is 1. The van der Waals surface area contributed by atoms with E-state index in [2.05, 4.69) is 0 Å². The fraction of sp³-hybridized carbons (Fsp3) is 0.241. The van der Waals surface area contributed by atoms with Gasteiger partial charge in [0.15, 0.2) is 23.0 Å². The van der Waals surface area contributed by atoms with Gasteiger partial charge >= 0.3 is 5.97 Å². The van der Waals surface area contributed by atoms with Gasteiger partial charge in [0.1, 0.15) is 17.1 Å². The summed E-state index contributed by atoms with van der Waals surface area (Å²) in [6, 6.07) is 14.0. The normalized spacial score (nSPS) is 11.8. The average molecular weight is 534 g/mol. The predicted octanol–water partition coefficient (Wildman–Crippen LogP) is 4.27. The third kappa shape index (κ3) is 4.33. The van der Waals surface area contributed by atoms with E-state index in [-0.39, 0.29) is 18.9 Å². The number of pyridine rings is 1. The molecule has 4 aromatic rings. The smallest absolute Gasteiger partial charge is 0.344 e. The highest BCUT2D eigenvalue weighted by atomic mass is 16.7. The van der Waals surface area contributed by atoms with Crippen LogP contribution < -0.4 is 34.0 Å². The van der Waals surface area contributed by atoms with Crippen LogP contribution in [0.3, 0.4) is 0 Å². The Morgan fingerprint density at radius 3 is 2.28 bits per heavy atom. The third-order valence-corrected chi connectivity index (χ3v) is 6.64. The molecule has 0 bridgehead atoms. The van der Waals surface area contributed by atoms with Gasteiger partial charge in [-0.25, -0.2) is 4.79 Å². The van der Waals surface area contributed by atoms with Gasteiger partial charge in [-0.15, -0.1) is 0 Å². The zero-order valence-electron chi connectivity index (χ0n) is 22.2. The van der Waals surface area contributed by atoms with Crippen molar-refractivity contribution in [3.8, 4) is 45.6 Å². The van der Waals surface area contributed by atoms with E-state index < -0.39 is 11.5 Å². The van der Waals surface area contributed by atoms with E-state index >= 15 is 0 Å². The first-order valence-electron chi connectivity index (χ1n) is 12.0. The predicted molar refractivity (Wildman–Crippen MR) is 143 cm³/mol. The van der Waals surface area contributed by atoms with Crippen LogP contribution in [0.5, 0.6) is 34.5 Å². The van der Waals surface area contributed by atoms with Gasteiger partial charge in [-0.1, -0.05) is 6.07 Å². The van der Waals surface area contributed by atoms with Crippen LogP contribution in [0.25, 0.3) is 22.0 Å². The van der Waals surface area contributed by atoms with Crippen molar-refractivity contribution in [3.63, 3.8) is 0 Å². The molecule has 5 rings (SSSR count). The number of methoxy groups -OCH3 is 5. The molecule has 0 radical (unpaired) electrons. The summed E-state index contributed by atoms with van der Waals surface area (Å²) in [6.45, 7) is 0.140. The Kier molecular flexibility index (Phi) is 6.93. The summed E-state index contributed by atoms with van der Waals surface area (Å²) in [4.78, 5) is 27.5. The first-order valence-corrected chi connectivity index (χ1v) is 12.0. The van der Waals surface area contributed by atoms with E-state index in [1.807, 2.05) is 0 Å². The molecule has 0 spiro atoms. The molecule has 39 heavy (non-hydrogen) atoms. The third-order valence-electron chi connectivity index (χ3n) is 6.64. The summed E-state index contributed by atoms with van der Waals surface area (Å²) in [5.41, 5.74) is 1.31. The van der Waals surface area contributed by atoms with Gasteiger partial charge in [0, 0.05) is 11.1 Å². The Balaban J connectivity index is 1.91. The molecule has 10 nitrogen and oxygen atoms in total. The van der Waals surface area contributed by atoms with Crippen molar-refractivity contribution in [2.24, 2.45) is 0 Å². The van der Waals surface area contributed by atoms with E-state index in [0.29, 0.717) is 62.1 Å². The number of hydrogen-bond donors (Lipinski definition) is 0. The van der Waals surface area contributed by atoms with Crippen molar-refractivity contribution in [2.75, 3.05) is 42.3 Å². The van der Waals surface area contributed by atoms with E-state index in [4.69, 9.17) is 33.2 Å². The van der Waals surface area contributed by atoms with Crippen molar-refractivity contribution < 1.29 is 38.0 Å². The fourth-order valence-corrected chi connectivity index (χ4v) is 4.82. The molecule has 0 saturated carbocycles. The lowest BCUT2D eigenvalue weighted by molar-refractivity contribution is 0.0599. The highest BCUT2D eigenvalue weighted by Crippen LogP contribution is 2.44. The zero-order chi connectivity index (χ0) is 27.7. The van der Waals surface area contributed by atoms with Crippen molar-refractivity contribution >= 4 is 16.9 Å². The number of fused-ring (bicyclic) bond motifs is 2. The van der Waals surface area contributed by atoms with E-state index in [0.717, 1.165) is 0 Å². The Hall–Kier alpha value is -4.86. The van der Waals surface area contributed by atoms with Gasteiger partial charge in [0.05, 0.1) is 53.0 Å². The van der Waals surface area contributed by atoms with Crippen LogP contribution in [0.2, 0.25) is 0 Å². The molecule has 0 saturated heterocycles. The summed E-state index contributed by atoms with van der Waals surface area (Å²) in [7, 11) is 7.34. The van der Waals surface area contributed by atoms with Crippen molar-refractivity contribution in [3.05, 3.63) is 70.0 Å². The molecule has 3 aromatic carbocycles. The number of carbonyl (C=O) groups is 1. The van der Waals surface area contributed by atoms with Crippen LogP contribution in [0.4, 0.5) is 0 Å². The van der Waals surface area contributed by atoms with Crippen LogP contribution in [-0.2, 0) is 11.3 Å². The van der Waals surface area contributed by atoms with Crippen LogP contribution in [0.1, 0.15) is 15.9 Å². The number of hydrogen-bond acceptors (Lipinski definition) is 9. The minimum atomic E-state index is -0.800. The average Bonchev–Trinajstić information content (AvgIpc) is 3.45. The maximum absolute atomic E-state index is 14.2. The number of benzene rings is 3. The minimum Gasteiger partial charge on any atom is -0.497 e. The van der Waals surface area contributed by atoms with Crippen LogP contribution in [0, 0.1) is 0 Å². The molecule has 0 atom stereocenters. The van der Waals surface area contributed by atoms with E-state index in [1.54, 1.807) is 62.8 Å². The van der Waals surface area contributed by atoms with Gasteiger partial charge in [-0.2, -0.15) is 0 Å². The Bertz CT molecular complexity index is 1640. The number of carbonyl (C=O) groups excluding carboxylic acids is 1. The Morgan fingerprint density at radius 2 is 1.59 bits per heavy atom. The molecule has 0 N–H and O–H groups in total. The van der Waals surface area contributed by atoms with Gasteiger partial charge in [-0.05, 0) is 48.0 Å². The molecule has 1 aliphatic heterocycles. The van der Waals surface area contributed by atoms with Crippen LogP contribution >= 0.6 is 0 Å². The van der Waals surface area contributed by atoms with Gasteiger partial charge in [0.2, 0.25) is 6.79 Å². The van der Waals surface area contributed by atoms with Gasteiger partial charge in [-0.3, -0.25) is 4.79 Å². The first-order chi connectivity index (χ1) is 18.9. The summed E-state index contributed by atoms with van der Waals surface area (Å²) in [6.07, 6.45) is 0. The monoisotopic (exact) mass is 533 g/mol. The minimum absolute atomic E-state index is 0.0661. The quantitative estimate of drug-likeness (QED) is 0.307. The van der Waals surface area contributed by atoms with Crippen LogP contribution in [-0.4, -0.2) is 52.9 Å². The molecule has 0 aliphatic carbocycles. The SMILES string of the molecule is COC(=O)c1c(-c2ccc3c(c2)OCO3)c2c(OC)c(OC)ccc2n(Cc2cc(OC)ccc2OC)c1=O. The molecule has 2 heterocycles. The Morgan fingerprint density at radius 1 is 0.846 bits per heavy atom. The van der Waals surface area contributed by atoms with Gasteiger partial charge < -0.3 is 37.7 Å². The van der Waals surface area contributed by atoms with Crippen LogP contribution in [0.15, 0.2) is 53.3 Å². The number of aromatic nitrogens is 1. The van der Waals surface area contributed by atoms with E-state index in [1.165, 1.54) is 25.9 Å². The number of ether oxygens (including phenoxy) is 7.